The van der Waals surface area contributed by atoms with Gasteiger partial charge in [-0.1, -0.05) is 42.5 Å². The Morgan fingerprint density at radius 3 is 2.46 bits per heavy atom. The lowest BCUT2D eigenvalue weighted by atomic mass is 10.2. The number of anilines is 1. The molecule has 0 spiro atoms. The van der Waals surface area contributed by atoms with Gasteiger partial charge in [0.15, 0.2) is 0 Å². The molecule has 0 aliphatic carbocycles. The monoisotopic (exact) mass is 384 g/mol. The summed E-state index contributed by atoms with van der Waals surface area (Å²) in [6.45, 7) is 0.480. The number of fused-ring (bicyclic) bond motifs is 4. The highest BCUT2D eigenvalue weighted by molar-refractivity contribution is 7.25. The number of urea groups is 1. The summed E-state index contributed by atoms with van der Waals surface area (Å²) in [6.07, 6.45) is 0. The zero-order valence-corrected chi connectivity index (χ0v) is 15.7. The van der Waals surface area contributed by atoms with Crippen molar-refractivity contribution < 1.29 is 4.79 Å². The standard InChI is InChI=1S/C22H16N4OS/c27-22(23-13-14-6-2-1-3-7-14)24-15-10-11-19-16(12-15)20-21(28-19)26-18-9-5-4-8-17(18)25-20/h1-12H,13H2,(H2,23,24,27). The van der Waals surface area contributed by atoms with Gasteiger partial charge in [0.1, 0.15) is 10.3 Å². The summed E-state index contributed by atoms with van der Waals surface area (Å²) in [7, 11) is 0. The van der Waals surface area contributed by atoms with Crippen LogP contribution in [0.2, 0.25) is 0 Å². The molecule has 5 aromatic rings. The molecule has 5 nitrogen and oxygen atoms in total. The van der Waals surface area contributed by atoms with Gasteiger partial charge in [-0.3, -0.25) is 0 Å². The van der Waals surface area contributed by atoms with Crippen LogP contribution in [0, 0.1) is 0 Å². The van der Waals surface area contributed by atoms with Crippen molar-refractivity contribution in [2.45, 2.75) is 6.54 Å². The summed E-state index contributed by atoms with van der Waals surface area (Å²) < 4.78 is 1.10. The Labute approximate surface area is 165 Å². The normalized spacial score (nSPS) is 11.1. The Morgan fingerprint density at radius 1 is 0.893 bits per heavy atom. The van der Waals surface area contributed by atoms with Crippen molar-refractivity contribution in [1.29, 1.82) is 0 Å². The summed E-state index contributed by atoms with van der Waals surface area (Å²) in [5.41, 5.74) is 4.41. The minimum Gasteiger partial charge on any atom is -0.334 e. The fourth-order valence-electron chi connectivity index (χ4n) is 3.17. The van der Waals surface area contributed by atoms with Crippen molar-refractivity contribution in [1.82, 2.24) is 15.3 Å². The maximum Gasteiger partial charge on any atom is 0.319 e. The molecule has 0 saturated carbocycles. The third-order valence-electron chi connectivity index (χ3n) is 4.53. The second kappa shape index (κ2) is 6.90. The molecule has 0 fully saturated rings. The van der Waals surface area contributed by atoms with Gasteiger partial charge in [0.05, 0.1) is 11.0 Å². The average molecular weight is 384 g/mol. The van der Waals surface area contributed by atoms with Gasteiger partial charge in [0, 0.05) is 22.3 Å². The van der Waals surface area contributed by atoms with Crippen molar-refractivity contribution in [3.63, 3.8) is 0 Å². The van der Waals surface area contributed by atoms with Gasteiger partial charge in [0.25, 0.3) is 0 Å². The average Bonchev–Trinajstić information content (AvgIpc) is 3.08. The molecule has 3 aromatic carbocycles. The smallest absolute Gasteiger partial charge is 0.319 e. The highest BCUT2D eigenvalue weighted by Crippen LogP contribution is 2.34. The molecule has 0 atom stereocenters. The number of nitrogens with zero attached hydrogens (tertiary/aromatic N) is 2. The minimum absolute atomic E-state index is 0.237. The number of carbonyl (C=O) groups is 1. The topological polar surface area (TPSA) is 66.9 Å². The van der Waals surface area contributed by atoms with E-state index >= 15 is 0 Å². The van der Waals surface area contributed by atoms with Gasteiger partial charge in [0.2, 0.25) is 0 Å². The van der Waals surface area contributed by atoms with Crippen LogP contribution in [0.1, 0.15) is 5.56 Å². The molecule has 0 bridgehead atoms. The number of para-hydroxylation sites is 2. The summed E-state index contributed by atoms with van der Waals surface area (Å²) in [5, 5.41) is 6.78. The number of hydrogen-bond donors (Lipinski definition) is 2. The fraction of sp³-hybridized carbons (Fsp3) is 0.0455. The molecule has 0 unspecified atom stereocenters. The van der Waals surface area contributed by atoms with E-state index in [2.05, 4.69) is 10.6 Å². The quantitative estimate of drug-likeness (QED) is 0.442. The van der Waals surface area contributed by atoms with Crippen molar-refractivity contribution in [2.24, 2.45) is 0 Å². The molecule has 2 amide bonds. The van der Waals surface area contributed by atoms with Crippen LogP contribution in [0.3, 0.4) is 0 Å². The number of rotatable bonds is 3. The van der Waals surface area contributed by atoms with Crippen molar-refractivity contribution in [3.05, 3.63) is 78.4 Å². The van der Waals surface area contributed by atoms with Gasteiger partial charge in [-0.15, -0.1) is 11.3 Å². The first-order valence-electron chi connectivity index (χ1n) is 8.94. The lowest BCUT2D eigenvalue weighted by Crippen LogP contribution is -2.28. The van der Waals surface area contributed by atoms with Crippen LogP contribution in [0.4, 0.5) is 10.5 Å². The zero-order chi connectivity index (χ0) is 18.9. The van der Waals surface area contributed by atoms with Crippen LogP contribution in [0.15, 0.2) is 72.8 Å². The summed E-state index contributed by atoms with van der Waals surface area (Å²) in [6, 6.07) is 23.3. The molecule has 0 aliphatic heterocycles. The Kier molecular flexibility index (Phi) is 4.10. The molecule has 5 rings (SSSR count). The van der Waals surface area contributed by atoms with E-state index in [1.165, 1.54) is 0 Å². The van der Waals surface area contributed by atoms with E-state index in [-0.39, 0.29) is 6.03 Å². The number of nitrogens with one attached hydrogen (secondary N) is 2. The molecule has 2 aromatic heterocycles. The second-order valence-corrected chi connectivity index (χ2v) is 7.50. The number of aromatic nitrogens is 2. The number of carbonyl (C=O) groups excluding carboxylic acids is 1. The van der Waals surface area contributed by atoms with Crippen LogP contribution in [0.25, 0.3) is 31.5 Å². The van der Waals surface area contributed by atoms with Crippen molar-refractivity contribution in [3.8, 4) is 0 Å². The third kappa shape index (κ3) is 3.14. The third-order valence-corrected chi connectivity index (χ3v) is 5.59. The predicted octanol–water partition coefficient (Wildman–Crippen LogP) is 5.32. The highest BCUT2D eigenvalue weighted by atomic mass is 32.1. The molecule has 0 saturated heterocycles. The summed E-state index contributed by atoms with van der Waals surface area (Å²) >= 11 is 1.61. The molecular formula is C22H16N4OS. The highest BCUT2D eigenvalue weighted by Gasteiger charge is 2.11. The molecule has 0 radical (unpaired) electrons. The maximum absolute atomic E-state index is 12.3. The largest absolute Gasteiger partial charge is 0.334 e. The first kappa shape index (κ1) is 16.6. The van der Waals surface area contributed by atoms with Crippen LogP contribution in [-0.4, -0.2) is 16.0 Å². The van der Waals surface area contributed by atoms with Gasteiger partial charge in [-0.25, -0.2) is 14.8 Å². The Bertz CT molecular complexity index is 1310. The van der Waals surface area contributed by atoms with E-state index in [1.54, 1.807) is 11.3 Å². The van der Waals surface area contributed by atoms with Crippen LogP contribution in [-0.2, 0) is 6.54 Å². The molecule has 2 N–H and O–H groups in total. The number of hydrogen-bond acceptors (Lipinski definition) is 4. The van der Waals surface area contributed by atoms with Gasteiger partial charge < -0.3 is 10.6 Å². The number of thiophene rings is 1. The first-order chi connectivity index (χ1) is 13.8. The summed E-state index contributed by atoms with van der Waals surface area (Å²) in [4.78, 5) is 22.7. The minimum atomic E-state index is -0.237. The predicted molar refractivity (Wildman–Crippen MR) is 115 cm³/mol. The fourth-order valence-corrected chi connectivity index (χ4v) is 4.18. The lowest BCUT2D eigenvalue weighted by Gasteiger charge is -2.08. The molecule has 136 valence electrons. The van der Waals surface area contributed by atoms with Gasteiger partial charge in [-0.05, 0) is 35.9 Å². The summed E-state index contributed by atoms with van der Waals surface area (Å²) in [5.74, 6) is 0. The molecule has 28 heavy (non-hydrogen) atoms. The van der Waals surface area contributed by atoms with E-state index in [0.717, 1.165) is 42.7 Å². The first-order valence-corrected chi connectivity index (χ1v) is 9.76. The SMILES string of the molecule is O=C(NCc1ccccc1)Nc1ccc2sc3nc4ccccc4nc3c2c1. The second-order valence-electron chi connectivity index (χ2n) is 6.47. The van der Waals surface area contributed by atoms with E-state index in [0.29, 0.717) is 6.54 Å². The van der Waals surface area contributed by atoms with Crippen LogP contribution >= 0.6 is 11.3 Å². The zero-order valence-electron chi connectivity index (χ0n) is 14.8. The van der Waals surface area contributed by atoms with Crippen molar-refractivity contribution in [2.75, 3.05) is 5.32 Å². The lowest BCUT2D eigenvalue weighted by molar-refractivity contribution is 0.251. The van der Waals surface area contributed by atoms with Crippen molar-refractivity contribution >= 4 is 54.5 Å². The Hall–Kier alpha value is -3.51. The van der Waals surface area contributed by atoms with Crippen LogP contribution < -0.4 is 10.6 Å². The van der Waals surface area contributed by atoms with Crippen LogP contribution in [0.5, 0.6) is 0 Å². The van der Waals surface area contributed by atoms with E-state index in [9.17, 15) is 4.79 Å². The van der Waals surface area contributed by atoms with E-state index < -0.39 is 0 Å². The number of benzene rings is 3. The maximum atomic E-state index is 12.3. The molecule has 2 heterocycles. The molecular weight excluding hydrogens is 368 g/mol. The molecule has 6 heteroatoms. The van der Waals surface area contributed by atoms with E-state index in [1.807, 2.05) is 72.8 Å². The Morgan fingerprint density at radius 2 is 1.64 bits per heavy atom. The van der Waals surface area contributed by atoms with E-state index in [4.69, 9.17) is 9.97 Å². The number of amides is 2. The molecule has 0 aliphatic rings. The van der Waals surface area contributed by atoms with Gasteiger partial charge >= 0.3 is 6.03 Å². The Balaban J connectivity index is 1.43. The van der Waals surface area contributed by atoms with Gasteiger partial charge in [-0.2, -0.15) is 0 Å².